The molecule has 9 heteroatoms. The average Bonchev–Trinajstić information content (AvgIpc) is 2.59. The Morgan fingerprint density at radius 3 is 2.32 bits per heavy atom. The molecule has 0 saturated carbocycles. The van der Waals surface area contributed by atoms with Crippen LogP contribution in [0.1, 0.15) is 19.4 Å². The number of nitrogens with zero attached hydrogens (tertiary/aromatic N) is 1. The van der Waals surface area contributed by atoms with Gasteiger partial charge in [0.25, 0.3) is 0 Å². The van der Waals surface area contributed by atoms with E-state index >= 15 is 0 Å². The number of rotatable bonds is 4. The number of urea groups is 1. The minimum Gasteiger partial charge on any atom is -0.457 e. The molecule has 0 unspecified atom stereocenters. The highest BCUT2D eigenvalue weighted by Gasteiger charge is 2.33. The molecule has 5 nitrogen and oxygen atoms in total. The van der Waals surface area contributed by atoms with E-state index in [1.54, 1.807) is 32.0 Å². The van der Waals surface area contributed by atoms with Gasteiger partial charge in [-0.25, -0.2) is 4.79 Å². The van der Waals surface area contributed by atoms with Gasteiger partial charge in [0.15, 0.2) is 0 Å². The molecule has 0 aliphatic carbocycles. The smallest absolute Gasteiger partial charge is 0.417 e. The molecule has 2 rings (SSSR count). The Hall–Kier alpha value is -2.74. The summed E-state index contributed by atoms with van der Waals surface area (Å²) in [7, 11) is 1.36. The number of carbonyl (C=O) groups is 2. The predicted molar refractivity (Wildman–Crippen MR) is 99.6 cm³/mol. The van der Waals surface area contributed by atoms with Crippen molar-refractivity contribution in [1.29, 1.82) is 0 Å². The molecule has 150 valence electrons. The van der Waals surface area contributed by atoms with Crippen molar-refractivity contribution in [3.8, 4) is 11.5 Å². The van der Waals surface area contributed by atoms with Gasteiger partial charge in [-0.2, -0.15) is 13.2 Å². The Bertz CT molecular complexity index is 885. The van der Waals surface area contributed by atoms with E-state index in [9.17, 15) is 22.8 Å². The van der Waals surface area contributed by atoms with E-state index < -0.39 is 22.8 Å². The van der Waals surface area contributed by atoms with Crippen LogP contribution < -0.4 is 10.1 Å². The van der Waals surface area contributed by atoms with Crippen LogP contribution in [0.25, 0.3) is 0 Å². The van der Waals surface area contributed by atoms with Crippen LogP contribution in [0.15, 0.2) is 42.5 Å². The first kappa shape index (κ1) is 21.6. The summed E-state index contributed by atoms with van der Waals surface area (Å²) >= 11 is 5.68. The lowest BCUT2D eigenvalue weighted by atomic mass is 10.2. The Labute approximate surface area is 165 Å². The molecule has 0 aromatic heterocycles. The summed E-state index contributed by atoms with van der Waals surface area (Å²) in [6.07, 6.45) is -4.56. The molecule has 0 heterocycles. The number of hydrogen-bond donors (Lipinski definition) is 1. The third-order valence-corrected chi connectivity index (χ3v) is 4.01. The molecule has 0 fully saturated rings. The largest absolute Gasteiger partial charge is 0.457 e. The molecule has 0 aliphatic rings. The second-order valence-corrected chi connectivity index (χ2v) is 6.66. The van der Waals surface area contributed by atoms with E-state index in [2.05, 4.69) is 5.32 Å². The average molecular weight is 415 g/mol. The number of anilines is 1. The lowest BCUT2D eigenvalue weighted by Gasteiger charge is -2.18. The van der Waals surface area contributed by atoms with E-state index in [0.29, 0.717) is 5.69 Å². The van der Waals surface area contributed by atoms with Crippen molar-refractivity contribution in [2.45, 2.75) is 20.0 Å². The number of imide groups is 1. The second-order valence-electron chi connectivity index (χ2n) is 6.25. The molecule has 0 saturated heterocycles. The summed E-state index contributed by atoms with van der Waals surface area (Å²) in [5, 5.41) is 2.07. The highest BCUT2D eigenvalue weighted by atomic mass is 35.5. The Balaban J connectivity index is 2.12. The predicted octanol–water partition coefficient (Wildman–Crippen LogP) is 5.80. The first-order valence-corrected chi connectivity index (χ1v) is 8.60. The van der Waals surface area contributed by atoms with Crippen LogP contribution in [0, 0.1) is 5.92 Å². The van der Waals surface area contributed by atoms with Crippen LogP contribution in [0.5, 0.6) is 11.5 Å². The molecule has 0 spiro atoms. The fourth-order valence-corrected chi connectivity index (χ4v) is 2.54. The van der Waals surface area contributed by atoms with Gasteiger partial charge in [0, 0.05) is 30.8 Å². The maximum absolute atomic E-state index is 12.8. The van der Waals surface area contributed by atoms with E-state index in [1.807, 2.05) is 0 Å². The van der Waals surface area contributed by atoms with Crippen molar-refractivity contribution >= 4 is 29.2 Å². The third kappa shape index (κ3) is 5.39. The molecule has 2 aromatic rings. The summed E-state index contributed by atoms with van der Waals surface area (Å²) < 4.78 is 43.8. The quantitative estimate of drug-likeness (QED) is 0.688. The molecule has 0 radical (unpaired) electrons. The number of benzene rings is 2. The third-order valence-electron chi connectivity index (χ3n) is 3.70. The number of nitrogens with one attached hydrogen (secondary N) is 1. The maximum atomic E-state index is 12.8. The van der Waals surface area contributed by atoms with Gasteiger partial charge in [0.2, 0.25) is 5.91 Å². The highest BCUT2D eigenvalue weighted by molar-refractivity contribution is 6.31. The minimum absolute atomic E-state index is 0.105. The standard InChI is InChI=1S/C19H18ClF3N2O3/c1-11(2)17(26)25(3)18(27)24-12-5-4-6-13(9-12)28-14-7-8-15(16(20)10-14)19(21,22)23/h4-11H,1-3H3,(H,24,27). The van der Waals surface area contributed by atoms with Crippen molar-refractivity contribution < 1.29 is 27.5 Å². The van der Waals surface area contributed by atoms with Crippen LogP contribution >= 0.6 is 11.6 Å². The SMILES string of the molecule is CC(C)C(=O)N(C)C(=O)Nc1cccc(Oc2ccc(C(F)(F)F)c(Cl)c2)c1. The van der Waals surface area contributed by atoms with Crippen LogP contribution in [0.2, 0.25) is 5.02 Å². The molecule has 2 aromatic carbocycles. The van der Waals surface area contributed by atoms with E-state index in [0.717, 1.165) is 23.1 Å². The monoisotopic (exact) mass is 414 g/mol. The van der Waals surface area contributed by atoms with Crippen molar-refractivity contribution in [3.63, 3.8) is 0 Å². The van der Waals surface area contributed by atoms with E-state index in [1.165, 1.54) is 13.1 Å². The molecular weight excluding hydrogens is 397 g/mol. The molecule has 0 aliphatic heterocycles. The normalized spacial score (nSPS) is 11.3. The number of halogens is 4. The Kier molecular flexibility index (Phi) is 6.56. The zero-order valence-corrected chi connectivity index (χ0v) is 16.1. The minimum atomic E-state index is -4.56. The summed E-state index contributed by atoms with van der Waals surface area (Å²) in [6.45, 7) is 3.35. The fraction of sp³-hybridized carbons (Fsp3) is 0.263. The zero-order valence-electron chi connectivity index (χ0n) is 15.3. The lowest BCUT2D eigenvalue weighted by molar-refractivity contribution is -0.137. The molecule has 0 bridgehead atoms. The molecule has 28 heavy (non-hydrogen) atoms. The first-order chi connectivity index (χ1) is 13.0. The topological polar surface area (TPSA) is 58.6 Å². The van der Waals surface area contributed by atoms with Crippen molar-refractivity contribution in [3.05, 3.63) is 53.1 Å². The summed E-state index contributed by atoms with van der Waals surface area (Å²) in [6, 6.07) is 8.61. The highest BCUT2D eigenvalue weighted by Crippen LogP contribution is 2.37. The molecule has 3 amide bonds. The van der Waals surface area contributed by atoms with Crippen molar-refractivity contribution in [2.75, 3.05) is 12.4 Å². The fourth-order valence-electron chi connectivity index (χ4n) is 2.26. The number of alkyl halides is 3. The number of amides is 3. The van der Waals surface area contributed by atoms with Crippen molar-refractivity contribution in [1.82, 2.24) is 4.90 Å². The van der Waals surface area contributed by atoms with Gasteiger partial charge >= 0.3 is 12.2 Å². The summed E-state index contributed by atoms with van der Waals surface area (Å²) in [5.41, 5.74) is -0.607. The Morgan fingerprint density at radius 1 is 1.11 bits per heavy atom. The zero-order chi connectivity index (χ0) is 21.1. The van der Waals surface area contributed by atoms with Crippen LogP contribution in [0.4, 0.5) is 23.7 Å². The van der Waals surface area contributed by atoms with Gasteiger partial charge in [-0.05, 0) is 24.3 Å². The van der Waals surface area contributed by atoms with Gasteiger partial charge in [-0.15, -0.1) is 0 Å². The number of ether oxygens (including phenoxy) is 1. The van der Waals surface area contributed by atoms with Gasteiger partial charge in [0.1, 0.15) is 11.5 Å². The van der Waals surface area contributed by atoms with Crippen LogP contribution in [-0.4, -0.2) is 23.9 Å². The van der Waals surface area contributed by atoms with Gasteiger partial charge in [0.05, 0.1) is 10.6 Å². The number of hydrogen-bond acceptors (Lipinski definition) is 3. The molecular formula is C19H18ClF3N2O3. The van der Waals surface area contributed by atoms with E-state index in [4.69, 9.17) is 16.3 Å². The Morgan fingerprint density at radius 2 is 1.75 bits per heavy atom. The van der Waals surface area contributed by atoms with Gasteiger partial charge in [-0.3, -0.25) is 9.69 Å². The van der Waals surface area contributed by atoms with E-state index in [-0.39, 0.29) is 23.3 Å². The summed E-state index contributed by atoms with van der Waals surface area (Å²) in [4.78, 5) is 25.0. The summed E-state index contributed by atoms with van der Waals surface area (Å²) in [5.74, 6) is -0.306. The van der Waals surface area contributed by atoms with Crippen LogP contribution in [0.3, 0.4) is 0 Å². The molecule has 0 atom stereocenters. The van der Waals surface area contributed by atoms with Crippen molar-refractivity contribution in [2.24, 2.45) is 5.92 Å². The van der Waals surface area contributed by atoms with Crippen LogP contribution in [-0.2, 0) is 11.0 Å². The lowest BCUT2D eigenvalue weighted by Crippen LogP contribution is -2.38. The second kappa shape index (κ2) is 8.52. The van der Waals surface area contributed by atoms with Gasteiger partial charge < -0.3 is 10.1 Å². The first-order valence-electron chi connectivity index (χ1n) is 8.22. The molecule has 1 N–H and O–H groups in total. The van der Waals surface area contributed by atoms with Gasteiger partial charge in [-0.1, -0.05) is 31.5 Å². The maximum Gasteiger partial charge on any atom is 0.417 e. The number of carbonyl (C=O) groups excluding carboxylic acids is 2.